The van der Waals surface area contributed by atoms with Crippen molar-refractivity contribution in [1.82, 2.24) is 9.80 Å². The summed E-state index contributed by atoms with van der Waals surface area (Å²) in [7, 11) is 0. The van der Waals surface area contributed by atoms with Gasteiger partial charge in [-0.25, -0.2) is 0 Å². The van der Waals surface area contributed by atoms with Gasteiger partial charge in [-0.1, -0.05) is 12.1 Å². The lowest BCUT2D eigenvalue weighted by Crippen LogP contribution is -2.36. The molecule has 2 amide bonds. The minimum absolute atomic E-state index is 0.0107. The Morgan fingerprint density at radius 2 is 1.74 bits per heavy atom. The van der Waals surface area contributed by atoms with Gasteiger partial charge in [0.2, 0.25) is 5.91 Å². The van der Waals surface area contributed by atoms with Crippen molar-refractivity contribution in [3.05, 3.63) is 46.3 Å². The largest absolute Gasteiger partial charge is 0.451 e. The Balaban J connectivity index is 1.85. The van der Waals surface area contributed by atoms with Crippen molar-refractivity contribution >= 4 is 22.8 Å². The van der Waals surface area contributed by atoms with E-state index in [-0.39, 0.29) is 23.0 Å². The smallest absolute Gasteiger partial charge is 0.289 e. The van der Waals surface area contributed by atoms with E-state index in [1.165, 1.54) is 13.0 Å². The average Bonchev–Trinajstić information content (AvgIpc) is 2.80. The maximum absolute atomic E-state index is 12.6. The van der Waals surface area contributed by atoms with Gasteiger partial charge in [-0.3, -0.25) is 14.4 Å². The van der Waals surface area contributed by atoms with Gasteiger partial charge in [0.25, 0.3) is 5.91 Å². The van der Waals surface area contributed by atoms with Crippen LogP contribution >= 0.6 is 0 Å². The molecule has 0 atom stereocenters. The zero-order valence-electron chi connectivity index (χ0n) is 12.9. The van der Waals surface area contributed by atoms with E-state index in [0.29, 0.717) is 43.6 Å². The molecular weight excluding hydrogens is 296 g/mol. The summed E-state index contributed by atoms with van der Waals surface area (Å²) < 4.78 is 5.60. The van der Waals surface area contributed by atoms with Gasteiger partial charge in [0.1, 0.15) is 5.58 Å². The van der Waals surface area contributed by atoms with E-state index in [2.05, 4.69) is 0 Å². The summed E-state index contributed by atoms with van der Waals surface area (Å²) in [6, 6.07) is 8.11. The van der Waals surface area contributed by atoms with Gasteiger partial charge in [0.05, 0.1) is 5.39 Å². The van der Waals surface area contributed by atoms with Crippen molar-refractivity contribution < 1.29 is 14.0 Å². The Morgan fingerprint density at radius 3 is 2.52 bits per heavy atom. The molecule has 23 heavy (non-hydrogen) atoms. The molecule has 1 aliphatic rings. The van der Waals surface area contributed by atoms with E-state index in [9.17, 15) is 14.4 Å². The van der Waals surface area contributed by atoms with Crippen molar-refractivity contribution in [3.63, 3.8) is 0 Å². The third-order valence-corrected chi connectivity index (χ3v) is 4.07. The molecule has 0 saturated carbocycles. The van der Waals surface area contributed by atoms with Crippen LogP contribution in [0.25, 0.3) is 11.0 Å². The Kier molecular flexibility index (Phi) is 4.14. The molecule has 0 unspecified atom stereocenters. The molecule has 1 fully saturated rings. The Bertz CT molecular complexity index is 812. The molecule has 0 aliphatic carbocycles. The van der Waals surface area contributed by atoms with Crippen molar-refractivity contribution in [1.29, 1.82) is 0 Å². The average molecular weight is 314 g/mol. The molecule has 0 spiro atoms. The van der Waals surface area contributed by atoms with E-state index in [1.54, 1.807) is 34.1 Å². The second-order valence-corrected chi connectivity index (χ2v) is 5.62. The first kappa shape index (κ1) is 15.3. The van der Waals surface area contributed by atoms with Crippen LogP contribution in [0.1, 0.15) is 23.9 Å². The number of hydrogen-bond acceptors (Lipinski definition) is 4. The zero-order chi connectivity index (χ0) is 16.4. The number of amides is 2. The normalized spacial score (nSPS) is 15.5. The first-order valence-corrected chi connectivity index (χ1v) is 7.64. The minimum atomic E-state index is -0.307. The van der Waals surface area contributed by atoms with Crippen LogP contribution in [0, 0.1) is 0 Å². The summed E-state index contributed by atoms with van der Waals surface area (Å²) >= 11 is 0. The van der Waals surface area contributed by atoms with E-state index in [0.717, 1.165) is 0 Å². The predicted molar refractivity (Wildman–Crippen MR) is 85.3 cm³/mol. The fourth-order valence-electron chi connectivity index (χ4n) is 2.80. The van der Waals surface area contributed by atoms with Gasteiger partial charge in [0.15, 0.2) is 11.2 Å². The van der Waals surface area contributed by atoms with Crippen LogP contribution in [-0.4, -0.2) is 47.8 Å². The number of nitrogens with zero attached hydrogens (tertiary/aromatic N) is 2. The number of carbonyl (C=O) groups is 2. The fraction of sp³-hybridized carbons (Fsp3) is 0.353. The molecule has 1 aromatic carbocycles. The standard InChI is InChI=1S/C17H18N2O4/c1-12(20)18-7-4-8-19(10-9-18)17(22)16-11-14(21)13-5-2-3-6-15(13)23-16/h2-3,5-6,11H,4,7-10H2,1H3. The number of carbonyl (C=O) groups excluding carboxylic acids is 2. The Labute approximate surface area is 133 Å². The van der Waals surface area contributed by atoms with Crippen LogP contribution in [0.2, 0.25) is 0 Å². The van der Waals surface area contributed by atoms with Gasteiger partial charge in [0, 0.05) is 39.2 Å². The maximum atomic E-state index is 12.6. The molecule has 1 aromatic heterocycles. The number of para-hydroxylation sites is 1. The molecule has 1 saturated heterocycles. The van der Waals surface area contributed by atoms with Crippen LogP contribution in [0.3, 0.4) is 0 Å². The van der Waals surface area contributed by atoms with Crippen LogP contribution < -0.4 is 5.43 Å². The van der Waals surface area contributed by atoms with Crippen molar-refractivity contribution in [2.45, 2.75) is 13.3 Å². The lowest BCUT2D eigenvalue weighted by Gasteiger charge is -2.20. The lowest BCUT2D eigenvalue weighted by atomic mass is 10.2. The monoisotopic (exact) mass is 314 g/mol. The van der Waals surface area contributed by atoms with Crippen molar-refractivity contribution in [3.8, 4) is 0 Å². The summed E-state index contributed by atoms with van der Waals surface area (Å²) in [5.74, 6) is -0.250. The topological polar surface area (TPSA) is 70.8 Å². The third-order valence-electron chi connectivity index (χ3n) is 4.07. The number of hydrogen-bond donors (Lipinski definition) is 0. The summed E-state index contributed by atoms with van der Waals surface area (Å²) in [4.78, 5) is 39.5. The van der Waals surface area contributed by atoms with Gasteiger partial charge in [-0.15, -0.1) is 0 Å². The Morgan fingerprint density at radius 1 is 1.04 bits per heavy atom. The molecule has 0 bridgehead atoms. The second kappa shape index (κ2) is 6.24. The van der Waals surface area contributed by atoms with Gasteiger partial charge >= 0.3 is 0 Å². The van der Waals surface area contributed by atoms with Crippen LogP contribution in [0.4, 0.5) is 0 Å². The summed E-state index contributed by atoms with van der Waals surface area (Å²) in [6.45, 7) is 3.65. The summed E-state index contributed by atoms with van der Waals surface area (Å²) in [6.07, 6.45) is 0.711. The highest BCUT2D eigenvalue weighted by molar-refractivity contribution is 5.93. The van der Waals surface area contributed by atoms with Crippen LogP contribution in [0.15, 0.2) is 39.5 Å². The minimum Gasteiger partial charge on any atom is -0.451 e. The van der Waals surface area contributed by atoms with Crippen molar-refractivity contribution in [2.75, 3.05) is 26.2 Å². The highest BCUT2D eigenvalue weighted by Crippen LogP contribution is 2.14. The maximum Gasteiger partial charge on any atom is 0.289 e. The van der Waals surface area contributed by atoms with E-state index < -0.39 is 0 Å². The number of rotatable bonds is 1. The highest BCUT2D eigenvalue weighted by atomic mass is 16.3. The van der Waals surface area contributed by atoms with Gasteiger partial charge in [-0.2, -0.15) is 0 Å². The van der Waals surface area contributed by atoms with E-state index >= 15 is 0 Å². The van der Waals surface area contributed by atoms with E-state index in [4.69, 9.17) is 4.42 Å². The molecule has 6 heteroatoms. The lowest BCUT2D eigenvalue weighted by molar-refractivity contribution is -0.128. The van der Waals surface area contributed by atoms with E-state index in [1.807, 2.05) is 0 Å². The second-order valence-electron chi connectivity index (χ2n) is 5.62. The summed E-state index contributed by atoms with van der Waals surface area (Å²) in [5.41, 5.74) is 0.180. The van der Waals surface area contributed by atoms with Gasteiger partial charge < -0.3 is 14.2 Å². The molecule has 2 heterocycles. The number of benzene rings is 1. The molecule has 0 N–H and O–H groups in total. The fourth-order valence-corrected chi connectivity index (χ4v) is 2.80. The SMILES string of the molecule is CC(=O)N1CCCN(C(=O)c2cc(=O)c3ccccc3o2)CC1. The predicted octanol–water partition coefficient (Wildman–Crippen LogP) is 1.49. The quantitative estimate of drug-likeness (QED) is 0.799. The van der Waals surface area contributed by atoms with Crippen LogP contribution in [0.5, 0.6) is 0 Å². The van der Waals surface area contributed by atoms with Gasteiger partial charge in [-0.05, 0) is 18.6 Å². The molecule has 2 aromatic rings. The Hall–Kier alpha value is -2.63. The molecule has 3 rings (SSSR count). The van der Waals surface area contributed by atoms with Crippen molar-refractivity contribution in [2.24, 2.45) is 0 Å². The summed E-state index contributed by atoms with van der Waals surface area (Å²) in [5, 5.41) is 0.461. The molecule has 1 aliphatic heterocycles. The molecular formula is C17H18N2O4. The number of fused-ring (bicyclic) bond motifs is 1. The molecule has 6 nitrogen and oxygen atoms in total. The third kappa shape index (κ3) is 3.11. The molecule has 0 radical (unpaired) electrons. The van der Waals surface area contributed by atoms with Crippen LogP contribution in [-0.2, 0) is 4.79 Å². The first-order chi connectivity index (χ1) is 11.1. The highest BCUT2D eigenvalue weighted by Gasteiger charge is 2.23. The molecule has 120 valence electrons. The first-order valence-electron chi connectivity index (χ1n) is 7.64. The zero-order valence-corrected chi connectivity index (χ0v) is 12.9.